The lowest BCUT2D eigenvalue weighted by Gasteiger charge is -2.10. The molecule has 1 saturated heterocycles. The first kappa shape index (κ1) is 16.7. The summed E-state index contributed by atoms with van der Waals surface area (Å²) in [5, 5.41) is -0.174. The van der Waals surface area contributed by atoms with E-state index >= 15 is 0 Å². The Kier molecular flexibility index (Phi) is 4.68. The van der Waals surface area contributed by atoms with Crippen molar-refractivity contribution < 1.29 is 28.6 Å². The van der Waals surface area contributed by atoms with Crippen molar-refractivity contribution in [1.82, 2.24) is 4.90 Å². The molecule has 1 fully saturated rings. The zero-order chi connectivity index (χ0) is 17.3. The molecule has 2 heterocycles. The van der Waals surface area contributed by atoms with Crippen LogP contribution in [0.4, 0.5) is 4.79 Å². The lowest BCUT2D eigenvalue weighted by molar-refractivity contribution is -0.145. The van der Waals surface area contributed by atoms with Gasteiger partial charge in [-0.15, -0.1) is 0 Å². The van der Waals surface area contributed by atoms with Crippen LogP contribution in [0.25, 0.3) is 6.08 Å². The molecular weight excluding hydrogens is 358 g/mol. The van der Waals surface area contributed by atoms with Gasteiger partial charge in [-0.2, -0.15) is 0 Å². The molecule has 7 nitrogen and oxygen atoms in total. The molecule has 3 rings (SSSR count). The SMILES string of the molecule is CCOC(=O)CN1C(=O)SC(=Cc2cc3c(cc2Cl)OCO3)C1=O. The Hall–Kier alpha value is -2.19. The number of hydrogen-bond donors (Lipinski definition) is 0. The Morgan fingerprint density at radius 2 is 2.08 bits per heavy atom. The molecule has 1 aromatic carbocycles. The van der Waals surface area contributed by atoms with Gasteiger partial charge in [-0.25, -0.2) is 0 Å². The minimum atomic E-state index is -0.637. The second-order valence-electron chi connectivity index (χ2n) is 4.80. The summed E-state index contributed by atoms with van der Waals surface area (Å²) in [5.41, 5.74) is 0.516. The van der Waals surface area contributed by atoms with E-state index in [2.05, 4.69) is 0 Å². The van der Waals surface area contributed by atoms with Gasteiger partial charge in [0.2, 0.25) is 6.79 Å². The van der Waals surface area contributed by atoms with E-state index in [9.17, 15) is 14.4 Å². The number of ether oxygens (including phenoxy) is 3. The normalized spacial score (nSPS) is 17.8. The number of fused-ring (bicyclic) bond motifs is 1. The fourth-order valence-corrected chi connectivity index (χ4v) is 3.19. The Labute approximate surface area is 146 Å². The molecule has 1 aromatic rings. The smallest absolute Gasteiger partial charge is 0.326 e. The first-order valence-corrected chi connectivity index (χ1v) is 8.19. The molecule has 2 aliphatic heterocycles. The van der Waals surface area contributed by atoms with Gasteiger partial charge in [0.15, 0.2) is 11.5 Å². The summed E-state index contributed by atoms with van der Waals surface area (Å²) in [6.07, 6.45) is 1.49. The topological polar surface area (TPSA) is 82.1 Å². The van der Waals surface area contributed by atoms with Gasteiger partial charge in [-0.05, 0) is 36.4 Å². The van der Waals surface area contributed by atoms with Crippen LogP contribution >= 0.6 is 23.4 Å². The highest BCUT2D eigenvalue weighted by Gasteiger charge is 2.36. The van der Waals surface area contributed by atoms with E-state index in [4.69, 9.17) is 25.8 Å². The van der Waals surface area contributed by atoms with E-state index < -0.39 is 23.7 Å². The van der Waals surface area contributed by atoms with Crippen LogP contribution < -0.4 is 9.47 Å². The van der Waals surface area contributed by atoms with Crippen molar-refractivity contribution in [3.63, 3.8) is 0 Å². The summed E-state index contributed by atoms with van der Waals surface area (Å²) < 4.78 is 15.2. The molecule has 0 radical (unpaired) electrons. The second kappa shape index (κ2) is 6.74. The molecular formula is C15H12ClNO6S. The van der Waals surface area contributed by atoms with E-state index in [0.29, 0.717) is 22.1 Å². The van der Waals surface area contributed by atoms with Crippen molar-refractivity contribution in [1.29, 1.82) is 0 Å². The minimum Gasteiger partial charge on any atom is -0.465 e. The van der Waals surface area contributed by atoms with Crippen LogP contribution in [-0.2, 0) is 14.3 Å². The number of benzene rings is 1. The maximum absolute atomic E-state index is 12.3. The van der Waals surface area contributed by atoms with Gasteiger partial charge in [-0.3, -0.25) is 19.3 Å². The fraction of sp³-hybridized carbons (Fsp3) is 0.267. The Morgan fingerprint density at radius 3 is 2.79 bits per heavy atom. The van der Waals surface area contributed by atoms with Gasteiger partial charge in [0, 0.05) is 6.07 Å². The van der Waals surface area contributed by atoms with E-state index in [-0.39, 0.29) is 18.3 Å². The van der Waals surface area contributed by atoms with E-state index in [1.165, 1.54) is 6.08 Å². The van der Waals surface area contributed by atoms with Gasteiger partial charge in [-0.1, -0.05) is 11.6 Å². The number of nitrogens with zero attached hydrogens (tertiary/aromatic N) is 1. The third-order valence-electron chi connectivity index (χ3n) is 3.24. The number of carbonyl (C=O) groups excluding carboxylic acids is 3. The molecule has 9 heteroatoms. The Morgan fingerprint density at radius 1 is 1.38 bits per heavy atom. The highest BCUT2D eigenvalue weighted by Crippen LogP contribution is 2.39. The first-order chi connectivity index (χ1) is 11.5. The summed E-state index contributed by atoms with van der Waals surface area (Å²) in [7, 11) is 0. The molecule has 0 saturated carbocycles. The van der Waals surface area contributed by atoms with Crippen LogP contribution in [0.2, 0.25) is 5.02 Å². The average molecular weight is 370 g/mol. The van der Waals surface area contributed by atoms with E-state index in [0.717, 1.165) is 16.7 Å². The van der Waals surface area contributed by atoms with Gasteiger partial charge in [0.1, 0.15) is 6.54 Å². The third kappa shape index (κ3) is 3.20. The highest BCUT2D eigenvalue weighted by atomic mass is 35.5. The largest absolute Gasteiger partial charge is 0.465 e. The molecule has 0 aliphatic carbocycles. The van der Waals surface area contributed by atoms with Gasteiger partial charge in [0.05, 0.1) is 16.5 Å². The molecule has 0 atom stereocenters. The average Bonchev–Trinajstić information content (AvgIpc) is 3.07. The standard InChI is InChI=1S/C15H12ClNO6S/c1-2-21-13(18)6-17-14(19)12(24-15(17)20)4-8-3-10-11(5-9(8)16)23-7-22-10/h3-5H,2,6-7H2,1H3. The van der Waals surface area contributed by atoms with Crippen molar-refractivity contribution in [2.45, 2.75) is 6.92 Å². The third-order valence-corrected chi connectivity index (χ3v) is 4.48. The number of amides is 2. The molecule has 126 valence electrons. The maximum atomic E-state index is 12.3. The highest BCUT2D eigenvalue weighted by molar-refractivity contribution is 8.18. The van der Waals surface area contributed by atoms with Crippen LogP contribution in [0.5, 0.6) is 11.5 Å². The maximum Gasteiger partial charge on any atom is 0.326 e. The summed E-state index contributed by atoms with van der Waals surface area (Å²) in [4.78, 5) is 36.8. The van der Waals surface area contributed by atoms with Crippen molar-refractivity contribution in [3.8, 4) is 11.5 Å². The zero-order valence-corrected chi connectivity index (χ0v) is 14.1. The number of rotatable bonds is 4. The van der Waals surface area contributed by atoms with Crippen LogP contribution in [0.15, 0.2) is 17.0 Å². The Bertz CT molecular complexity index is 763. The van der Waals surface area contributed by atoms with E-state index in [1.54, 1.807) is 19.1 Å². The lowest BCUT2D eigenvalue weighted by Crippen LogP contribution is -2.34. The van der Waals surface area contributed by atoms with Crippen molar-refractivity contribution in [2.24, 2.45) is 0 Å². The number of thioether (sulfide) groups is 1. The molecule has 24 heavy (non-hydrogen) atoms. The summed E-state index contributed by atoms with van der Waals surface area (Å²) in [6, 6.07) is 3.21. The molecule has 2 amide bonds. The van der Waals surface area contributed by atoms with Crippen LogP contribution in [0.1, 0.15) is 12.5 Å². The number of carbonyl (C=O) groups is 3. The fourth-order valence-electron chi connectivity index (χ4n) is 2.16. The Balaban J connectivity index is 1.83. The molecule has 0 unspecified atom stereocenters. The van der Waals surface area contributed by atoms with Gasteiger partial charge >= 0.3 is 5.97 Å². The minimum absolute atomic E-state index is 0.102. The molecule has 0 N–H and O–H groups in total. The summed E-state index contributed by atoms with van der Waals surface area (Å²) >= 11 is 6.90. The quantitative estimate of drug-likeness (QED) is 0.596. The monoisotopic (exact) mass is 369 g/mol. The molecule has 0 spiro atoms. The van der Waals surface area contributed by atoms with Crippen LogP contribution in [0.3, 0.4) is 0 Å². The van der Waals surface area contributed by atoms with Crippen molar-refractivity contribution >= 4 is 46.6 Å². The lowest BCUT2D eigenvalue weighted by atomic mass is 10.2. The van der Waals surface area contributed by atoms with Crippen molar-refractivity contribution in [3.05, 3.63) is 27.6 Å². The summed E-state index contributed by atoms with van der Waals surface area (Å²) in [5.74, 6) is -0.169. The summed E-state index contributed by atoms with van der Waals surface area (Å²) in [6.45, 7) is 1.51. The molecule has 0 bridgehead atoms. The number of hydrogen-bond acceptors (Lipinski definition) is 7. The van der Waals surface area contributed by atoms with Crippen molar-refractivity contribution in [2.75, 3.05) is 19.9 Å². The number of esters is 1. The van der Waals surface area contributed by atoms with Gasteiger partial charge < -0.3 is 14.2 Å². The first-order valence-electron chi connectivity index (χ1n) is 6.99. The van der Waals surface area contributed by atoms with E-state index in [1.807, 2.05) is 0 Å². The molecule has 0 aromatic heterocycles. The van der Waals surface area contributed by atoms with Crippen LogP contribution in [-0.4, -0.2) is 42.0 Å². The van der Waals surface area contributed by atoms with Gasteiger partial charge in [0.25, 0.3) is 11.1 Å². The predicted octanol–water partition coefficient (Wildman–Crippen LogP) is 2.67. The zero-order valence-electron chi connectivity index (χ0n) is 12.5. The number of halogens is 1. The van der Waals surface area contributed by atoms with Crippen LogP contribution in [0, 0.1) is 0 Å². The number of imide groups is 1. The molecule has 2 aliphatic rings. The predicted molar refractivity (Wildman–Crippen MR) is 86.9 cm³/mol. The second-order valence-corrected chi connectivity index (χ2v) is 6.20.